The second-order valence-corrected chi connectivity index (χ2v) is 3.61. The van der Waals surface area contributed by atoms with Gasteiger partial charge in [-0.15, -0.1) is 0 Å². The fourth-order valence-corrected chi connectivity index (χ4v) is 1.51. The van der Waals surface area contributed by atoms with Crippen molar-refractivity contribution in [2.24, 2.45) is 0 Å². The maximum Gasteiger partial charge on any atom is 0.132 e. The number of Topliss-reactive ketones (excluding diaryl/α,β-unsaturated/α-hetero) is 1. The third kappa shape index (κ3) is 5.52. The Morgan fingerprint density at radius 3 is 1.36 bits per heavy atom. The molecular formula is C13H18O. The Morgan fingerprint density at radius 1 is 0.643 bits per heavy atom. The fraction of sp³-hybridized carbons (Fsp3) is 0.462. The van der Waals surface area contributed by atoms with Gasteiger partial charge in [-0.2, -0.15) is 0 Å². The zero-order valence-electron chi connectivity index (χ0n) is 8.61. The first-order chi connectivity index (χ1) is 6.89. The molecule has 0 heterocycles. The summed E-state index contributed by atoms with van der Waals surface area (Å²) < 4.78 is 0. The molecule has 76 valence electrons. The van der Waals surface area contributed by atoms with Crippen molar-refractivity contribution in [3.8, 4) is 0 Å². The van der Waals surface area contributed by atoms with Gasteiger partial charge in [0.05, 0.1) is 0 Å². The number of rotatable bonds is 0. The highest BCUT2D eigenvalue weighted by molar-refractivity contribution is 5.78. The number of carbonyl (C=O) groups excluding carboxylic acids is 1. The topological polar surface area (TPSA) is 17.1 Å². The van der Waals surface area contributed by atoms with Crippen LogP contribution >= 0.6 is 0 Å². The molecule has 0 bridgehead atoms. The highest BCUT2D eigenvalue weighted by atomic mass is 16.1. The summed E-state index contributed by atoms with van der Waals surface area (Å²) in [5.74, 6) is 0.475. The van der Waals surface area contributed by atoms with Gasteiger partial charge in [-0.25, -0.2) is 0 Å². The monoisotopic (exact) mass is 190 g/mol. The Balaban J connectivity index is 0.000000146. The summed E-state index contributed by atoms with van der Waals surface area (Å²) in [7, 11) is 0. The summed E-state index contributed by atoms with van der Waals surface area (Å²) in [5, 5.41) is 0. The van der Waals surface area contributed by atoms with Gasteiger partial charge in [0.15, 0.2) is 0 Å². The van der Waals surface area contributed by atoms with Crippen LogP contribution in [0.4, 0.5) is 0 Å². The minimum atomic E-state index is 0.475. The van der Waals surface area contributed by atoms with Crippen molar-refractivity contribution in [2.75, 3.05) is 0 Å². The molecule has 0 N–H and O–H groups in total. The zero-order valence-corrected chi connectivity index (χ0v) is 8.61. The van der Waals surface area contributed by atoms with Gasteiger partial charge >= 0.3 is 0 Å². The first-order valence-corrected chi connectivity index (χ1v) is 5.41. The highest BCUT2D eigenvalue weighted by Crippen LogP contribution is 2.12. The van der Waals surface area contributed by atoms with Gasteiger partial charge in [0.25, 0.3) is 0 Å². The van der Waals surface area contributed by atoms with Crippen molar-refractivity contribution in [1.29, 1.82) is 0 Å². The smallest absolute Gasteiger partial charge is 0.132 e. The second-order valence-electron chi connectivity index (χ2n) is 3.61. The Bertz CT molecular complexity index is 204. The average molecular weight is 190 g/mol. The van der Waals surface area contributed by atoms with Crippen molar-refractivity contribution >= 4 is 5.78 Å². The average Bonchev–Trinajstić information content (AvgIpc) is 2.49. The lowest BCUT2D eigenvalue weighted by atomic mass is 10.2. The van der Waals surface area contributed by atoms with Crippen LogP contribution in [0.1, 0.15) is 38.5 Å². The van der Waals surface area contributed by atoms with E-state index in [2.05, 4.69) is 0 Å². The number of benzene rings is 1. The molecule has 0 aromatic heterocycles. The van der Waals surface area contributed by atoms with Gasteiger partial charge in [-0.3, -0.25) is 4.79 Å². The molecule has 0 amide bonds. The number of hydrogen-bond acceptors (Lipinski definition) is 1. The number of ketones is 1. The van der Waals surface area contributed by atoms with Crippen LogP contribution in [0.25, 0.3) is 0 Å². The Kier molecular flexibility index (Phi) is 5.73. The first-order valence-electron chi connectivity index (χ1n) is 5.41. The summed E-state index contributed by atoms with van der Waals surface area (Å²) in [6.07, 6.45) is 6.51. The summed E-state index contributed by atoms with van der Waals surface area (Å²) in [5.41, 5.74) is 0. The molecule has 2 rings (SSSR count). The molecule has 0 aliphatic heterocycles. The van der Waals surface area contributed by atoms with Crippen molar-refractivity contribution < 1.29 is 4.79 Å². The van der Waals surface area contributed by atoms with Crippen molar-refractivity contribution in [2.45, 2.75) is 38.5 Å². The lowest BCUT2D eigenvalue weighted by molar-refractivity contribution is -0.118. The van der Waals surface area contributed by atoms with Gasteiger partial charge < -0.3 is 0 Å². The predicted octanol–water partition coefficient (Wildman–Crippen LogP) is 3.60. The normalized spacial score (nSPS) is 16.4. The van der Waals surface area contributed by atoms with Crippen LogP contribution in [-0.2, 0) is 4.79 Å². The van der Waals surface area contributed by atoms with Crippen LogP contribution < -0.4 is 0 Å². The maximum absolute atomic E-state index is 10.7. The van der Waals surface area contributed by atoms with Crippen molar-refractivity contribution in [3.63, 3.8) is 0 Å². The van der Waals surface area contributed by atoms with Crippen LogP contribution in [0.3, 0.4) is 0 Å². The molecule has 1 fully saturated rings. The van der Waals surface area contributed by atoms with Gasteiger partial charge in [0.2, 0.25) is 0 Å². The van der Waals surface area contributed by atoms with E-state index in [0.29, 0.717) is 5.78 Å². The molecule has 1 heteroatoms. The van der Waals surface area contributed by atoms with E-state index < -0.39 is 0 Å². The third-order valence-electron chi connectivity index (χ3n) is 2.33. The van der Waals surface area contributed by atoms with E-state index in [0.717, 1.165) is 25.7 Å². The van der Waals surface area contributed by atoms with E-state index in [4.69, 9.17) is 0 Å². The van der Waals surface area contributed by atoms with E-state index in [1.54, 1.807) is 0 Å². The van der Waals surface area contributed by atoms with Crippen molar-refractivity contribution in [3.05, 3.63) is 36.4 Å². The molecule has 1 aliphatic rings. The van der Waals surface area contributed by atoms with Crippen LogP contribution in [0.2, 0.25) is 0 Å². The Morgan fingerprint density at radius 2 is 1.00 bits per heavy atom. The molecule has 0 radical (unpaired) electrons. The minimum Gasteiger partial charge on any atom is -0.300 e. The SMILES string of the molecule is O=C1CCCCCC1.c1ccccc1. The van der Waals surface area contributed by atoms with E-state index >= 15 is 0 Å². The van der Waals surface area contributed by atoms with Crippen LogP contribution in [-0.4, -0.2) is 5.78 Å². The molecule has 0 atom stereocenters. The molecule has 0 spiro atoms. The van der Waals surface area contributed by atoms with Gasteiger partial charge in [0.1, 0.15) is 5.78 Å². The molecule has 1 aromatic rings. The lowest BCUT2D eigenvalue weighted by Gasteiger charge is -1.87. The lowest BCUT2D eigenvalue weighted by Crippen LogP contribution is -1.91. The summed E-state index contributed by atoms with van der Waals surface area (Å²) in [6, 6.07) is 12.0. The molecule has 1 aliphatic carbocycles. The van der Waals surface area contributed by atoms with E-state index in [-0.39, 0.29) is 0 Å². The Labute approximate surface area is 86.1 Å². The fourth-order valence-electron chi connectivity index (χ4n) is 1.51. The molecule has 1 saturated carbocycles. The quantitative estimate of drug-likeness (QED) is 0.571. The molecule has 14 heavy (non-hydrogen) atoms. The Hall–Kier alpha value is -1.11. The minimum absolute atomic E-state index is 0.475. The number of hydrogen-bond donors (Lipinski definition) is 0. The highest BCUT2D eigenvalue weighted by Gasteiger charge is 2.04. The second kappa shape index (κ2) is 7.31. The maximum atomic E-state index is 10.7. The predicted molar refractivity (Wildman–Crippen MR) is 59.2 cm³/mol. The van der Waals surface area contributed by atoms with E-state index in [1.807, 2.05) is 36.4 Å². The van der Waals surface area contributed by atoms with Gasteiger partial charge in [-0.05, 0) is 12.8 Å². The summed E-state index contributed by atoms with van der Waals surface area (Å²) >= 11 is 0. The van der Waals surface area contributed by atoms with E-state index in [1.165, 1.54) is 12.8 Å². The van der Waals surface area contributed by atoms with Crippen LogP contribution in [0.15, 0.2) is 36.4 Å². The zero-order chi connectivity index (χ0) is 10.1. The van der Waals surface area contributed by atoms with Gasteiger partial charge in [0, 0.05) is 12.8 Å². The summed E-state index contributed by atoms with van der Waals surface area (Å²) in [4.78, 5) is 10.7. The molecule has 0 saturated heterocycles. The first kappa shape index (κ1) is 11.0. The summed E-state index contributed by atoms with van der Waals surface area (Å²) in [6.45, 7) is 0. The van der Waals surface area contributed by atoms with Crippen LogP contribution in [0, 0.1) is 0 Å². The third-order valence-corrected chi connectivity index (χ3v) is 2.33. The van der Waals surface area contributed by atoms with E-state index in [9.17, 15) is 4.79 Å². The van der Waals surface area contributed by atoms with Gasteiger partial charge in [-0.1, -0.05) is 49.2 Å². The standard InChI is InChI=1S/C7H12O.C6H6/c8-7-5-3-1-2-4-6-7;1-2-4-6-5-3-1/h1-6H2;1-6H. The molecule has 1 aromatic carbocycles. The largest absolute Gasteiger partial charge is 0.300 e. The number of carbonyl (C=O) groups is 1. The molecular weight excluding hydrogens is 172 g/mol. The van der Waals surface area contributed by atoms with Crippen molar-refractivity contribution in [1.82, 2.24) is 0 Å². The molecule has 0 unspecified atom stereocenters. The molecule has 1 nitrogen and oxygen atoms in total. The van der Waals surface area contributed by atoms with Crippen LogP contribution in [0.5, 0.6) is 0 Å².